The lowest BCUT2D eigenvalue weighted by Gasteiger charge is -2.16. The van der Waals surface area contributed by atoms with Crippen LogP contribution < -0.4 is 5.48 Å². The lowest BCUT2D eigenvalue weighted by molar-refractivity contribution is -0.124. The van der Waals surface area contributed by atoms with E-state index in [1.165, 1.54) is 35.0 Å². The molecule has 0 unspecified atom stereocenters. The first-order chi connectivity index (χ1) is 16.3. The Labute approximate surface area is 198 Å². The second-order valence-corrected chi connectivity index (χ2v) is 9.95. The van der Waals surface area contributed by atoms with E-state index in [-0.39, 0.29) is 4.90 Å². The smallest absolute Gasteiger partial charge is 0.267 e. The molecule has 0 aliphatic carbocycles. The Morgan fingerprint density at radius 1 is 1.15 bits per heavy atom. The molecule has 0 aliphatic rings. The van der Waals surface area contributed by atoms with Gasteiger partial charge < -0.3 is 9.88 Å². The molecule has 34 heavy (non-hydrogen) atoms. The van der Waals surface area contributed by atoms with E-state index in [9.17, 15) is 13.2 Å². The summed E-state index contributed by atoms with van der Waals surface area (Å²) in [4.78, 5) is 16.9. The van der Waals surface area contributed by atoms with Gasteiger partial charge in [0.2, 0.25) is 0 Å². The largest absolute Gasteiger partial charge is 0.358 e. The molecule has 1 amide bonds. The Balaban J connectivity index is 1.36. The maximum atomic E-state index is 12.9. The van der Waals surface area contributed by atoms with Crippen molar-refractivity contribution >= 4 is 32.9 Å². The maximum Gasteiger partial charge on any atom is 0.267 e. The topological polar surface area (TPSA) is 107 Å². The van der Waals surface area contributed by atoms with E-state index in [2.05, 4.69) is 28.1 Å². The van der Waals surface area contributed by atoms with E-state index in [0.717, 1.165) is 34.1 Å². The molecule has 0 saturated heterocycles. The number of benzene rings is 2. The second-order valence-electron chi connectivity index (χ2n) is 8.10. The van der Waals surface area contributed by atoms with Crippen LogP contribution in [-0.4, -0.2) is 47.0 Å². The van der Waals surface area contributed by atoms with Crippen LogP contribution in [0.4, 0.5) is 0 Å². The quantitative estimate of drug-likeness (QED) is 0.194. The molecular formula is C25H26N4O4S. The molecule has 0 fully saturated rings. The van der Waals surface area contributed by atoms with Gasteiger partial charge in [-0.15, -0.1) is 0 Å². The first-order valence-corrected chi connectivity index (χ1v) is 12.2. The molecule has 0 saturated carbocycles. The number of hydrogen-bond donors (Lipinski definition) is 3. The minimum absolute atomic E-state index is 0.177. The van der Waals surface area contributed by atoms with Crippen LogP contribution >= 0.6 is 0 Å². The summed E-state index contributed by atoms with van der Waals surface area (Å²) in [7, 11) is -1.71. The molecule has 176 valence electrons. The Hall–Kier alpha value is -3.66. The molecule has 9 heteroatoms. The van der Waals surface area contributed by atoms with Crippen LogP contribution in [0, 0.1) is 0 Å². The van der Waals surface area contributed by atoms with Gasteiger partial charge in [0, 0.05) is 49.2 Å². The standard InChI is InChI=1S/C25H26N4O4S/c1-28(14-13-22-16-21-4-2-3-5-24(21)26-22)17-19-6-9-23(10-7-19)34(32,33)29-15-12-20(18-29)8-11-25(30)27-31/h2-12,15-16,18,26,31H,13-14,17H2,1H3,(H,27,30)/b11-8+. The Kier molecular flexibility index (Phi) is 6.97. The highest BCUT2D eigenvalue weighted by atomic mass is 32.2. The summed E-state index contributed by atoms with van der Waals surface area (Å²) < 4.78 is 26.9. The highest BCUT2D eigenvalue weighted by Crippen LogP contribution is 2.18. The number of H-pyrrole nitrogens is 1. The summed E-state index contributed by atoms with van der Waals surface area (Å²) in [6.07, 6.45) is 6.23. The number of hydroxylamine groups is 1. The van der Waals surface area contributed by atoms with Crippen molar-refractivity contribution in [3.05, 3.63) is 96.0 Å². The zero-order valence-electron chi connectivity index (χ0n) is 18.7. The minimum atomic E-state index is -3.75. The Morgan fingerprint density at radius 2 is 1.91 bits per heavy atom. The van der Waals surface area contributed by atoms with Gasteiger partial charge in [-0.2, -0.15) is 0 Å². The molecule has 2 aromatic carbocycles. The highest BCUT2D eigenvalue weighted by Gasteiger charge is 2.16. The summed E-state index contributed by atoms with van der Waals surface area (Å²) in [5.41, 5.74) is 5.34. The fourth-order valence-electron chi connectivity index (χ4n) is 3.71. The lowest BCUT2D eigenvalue weighted by atomic mass is 10.2. The van der Waals surface area contributed by atoms with Gasteiger partial charge in [0.25, 0.3) is 15.9 Å². The number of nitrogens with one attached hydrogen (secondary N) is 2. The number of nitrogens with zero attached hydrogens (tertiary/aromatic N) is 2. The molecule has 8 nitrogen and oxygen atoms in total. The third-order valence-electron chi connectivity index (χ3n) is 5.53. The van der Waals surface area contributed by atoms with Gasteiger partial charge in [0.05, 0.1) is 4.90 Å². The number of carbonyl (C=O) groups is 1. The fourth-order valence-corrected chi connectivity index (χ4v) is 4.91. The minimum Gasteiger partial charge on any atom is -0.358 e. The monoisotopic (exact) mass is 478 g/mol. The lowest BCUT2D eigenvalue weighted by Crippen LogP contribution is -2.21. The van der Waals surface area contributed by atoms with Gasteiger partial charge >= 0.3 is 0 Å². The van der Waals surface area contributed by atoms with Crippen molar-refractivity contribution in [3.63, 3.8) is 0 Å². The first-order valence-electron chi connectivity index (χ1n) is 10.7. The summed E-state index contributed by atoms with van der Waals surface area (Å²) >= 11 is 0. The highest BCUT2D eigenvalue weighted by molar-refractivity contribution is 7.90. The van der Waals surface area contributed by atoms with E-state index < -0.39 is 15.9 Å². The maximum absolute atomic E-state index is 12.9. The van der Waals surface area contributed by atoms with E-state index in [4.69, 9.17) is 5.21 Å². The van der Waals surface area contributed by atoms with Crippen molar-refractivity contribution in [2.45, 2.75) is 17.9 Å². The predicted octanol–water partition coefficient (Wildman–Crippen LogP) is 3.40. The predicted molar refractivity (Wildman–Crippen MR) is 131 cm³/mol. The van der Waals surface area contributed by atoms with Crippen LogP contribution in [0.2, 0.25) is 0 Å². The molecule has 0 atom stereocenters. The number of rotatable bonds is 9. The van der Waals surface area contributed by atoms with E-state index in [1.807, 2.05) is 31.3 Å². The van der Waals surface area contributed by atoms with Crippen molar-refractivity contribution in [2.75, 3.05) is 13.6 Å². The van der Waals surface area contributed by atoms with Crippen molar-refractivity contribution < 1.29 is 18.4 Å². The van der Waals surface area contributed by atoms with Gasteiger partial charge in [-0.1, -0.05) is 30.3 Å². The number of aromatic amines is 1. The molecular weight excluding hydrogens is 452 g/mol. The Morgan fingerprint density at radius 3 is 2.65 bits per heavy atom. The molecule has 0 bridgehead atoms. The number of likely N-dealkylation sites (N-methyl/N-ethyl adjacent to an activating group) is 1. The average Bonchev–Trinajstić information content (AvgIpc) is 3.49. The van der Waals surface area contributed by atoms with Gasteiger partial charge in [-0.05, 0) is 60.0 Å². The van der Waals surface area contributed by atoms with Crippen molar-refractivity contribution in [1.29, 1.82) is 0 Å². The number of hydrogen-bond acceptors (Lipinski definition) is 5. The van der Waals surface area contributed by atoms with Crippen LogP contribution in [0.1, 0.15) is 16.8 Å². The molecule has 0 spiro atoms. The number of fused-ring (bicyclic) bond motifs is 1. The van der Waals surface area contributed by atoms with Gasteiger partial charge in [-0.25, -0.2) is 17.9 Å². The zero-order chi connectivity index (χ0) is 24.1. The molecule has 3 N–H and O–H groups in total. The normalized spacial score (nSPS) is 12.1. The summed E-state index contributed by atoms with van der Waals surface area (Å²) in [5, 5.41) is 9.73. The van der Waals surface area contributed by atoms with Crippen molar-refractivity contribution in [2.24, 2.45) is 0 Å². The zero-order valence-corrected chi connectivity index (χ0v) is 19.5. The van der Waals surface area contributed by atoms with Crippen LogP contribution in [-0.2, 0) is 27.8 Å². The van der Waals surface area contributed by atoms with Crippen LogP contribution in [0.5, 0.6) is 0 Å². The van der Waals surface area contributed by atoms with Gasteiger partial charge in [0.15, 0.2) is 0 Å². The van der Waals surface area contributed by atoms with Crippen molar-refractivity contribution in [1.82, 2.24) is 19.3 Å². The Bertz CT molecular complexity index is 1390. The molecule has 4 rings (SSSR count). The summed E-state index contributed by atoms with van der Waals surface area (Å²) in [6, 6.07) is 18.8. The number of aromatic nitrogens is 2. The fraction of sp³-hybridized carbons (Fsp3) is 0.160. The molecule has 0 radical (unpaired) electrons. The van der Waals surface area contributed by atoms with Crippen LogP contribution in [0.3, 0.4) is 0 Å². The average molecular weight is 479 g/mol. The van der Waals surface area contributed by atoms with E-state index >= 15 is 0 Å². The third-order valence-corrected chi connectivity index (χ3v) is 7.18. The second kappa shape index (κ2) is 10.1. The number of amides is 1. The van der Waals surface area contributed by atoms with Crippen molar-refractivity contribution in [3.8, 4) is 0 Å². The molecule has 4 aromatic rings. The van der Waals surface area contributed by atoms with E-state index in [1.54, 1.807) is 18.2 Å². The summed E-state index contributed by atoms with van der Waals surface area (Å²) in [5.74, 6) is -0.697. The SMILES string of the molecule is CN(CCc1cc2ccccc2[nH]1)Cc1ccc(S(=O)(=O)n2ccc(/C=C/C(=O)NO)c2)cc1. The molecule has 2 aromatic heterocycles. The number of carbonyl (C=O) groups excluding carboxylic acids is 1. The molecule has 0 aliphatic heterocycles. The third kappa shape index (κ3) is 5.45. The summed E-state index contributed by atoms with van der Waals surface area (Å²) in [6.45, 7) is 1.56. The van der Waals surface area contributed by atoms with Gasteiger partial charge in [-0.3, -0.25) is 10.0 Å². The van der Waals surface area contributed by atoms with Gasteiger partial charge in [0.1, 0.15) is 0 Å². The van der Waals surface area contributed by atoms with Crippen LogP contribution in [0.25, 0.3) is 17.0 Å². The van der Waals surface area contributed by atoms with Crippen LogP contribution in [0.15, 0.2) is 84.0 Å². The van der Waals surface area contributed by atoms with E-state index in [0.29, 0.717) is 12.1 Å². The molecule has 2 heterocycles. The first kappa shape index (κ1) is 23.5. The number of para-hydroxylation sites is 1.